The van der Waals surface area contributed by atoms with Crippen LogP contribution in [-0.2, 0) is 11.3 Å². The molecular weight excluding hydrogens is 352 g/mol. The average molecular weight is 376 g/mol. The number of carbonyl (C=O) groups is 2. The van der Waals surface area contributed by atoms with E-state index >= 15 is 0 Å². The fraction of sp³-hybridized carbons (Fsp3) is 0.318. The molecule has 1 aliphatic heterocycles. The fourth-order valence-electron chi connectivity index (χ4n) is 3.08. The van der Waals surface area contributed by atoms with Gasteiger partial charge in [0.2, 0.25) is 5.91 Å². The van der Waals surface area contributed by atoms with Gasteiger partial charge in [-0.25, -0.2) is 4.79 Å². The summed E-state index contributed by atoms with van der Waals surface area (Å²) >= 11 is 0. The number of rotatable bonds is 5. The molecule has 3 amide bonds. The number of carbonyl (C=O) groups excluding carboxylic acids is 2. The second kappa shape index (κ2) is 8.57. The number of hydrogen-bond acceptors (Lipinski definition) is 3. The third-order valence-corrected chi connectivity index (χ3v) is 4.74. The molecule has 1 fully saturated rings. The third kappa shape index (κ3) is 4.49. The Labute approximate surface area is 165 Å². The molecule has 0 saturated carbocycles. The monoisotopic (exact) mass is 376 g/mol. The second-order valence-corrected chi connectivity index (χ2v) is 7.21. The molecule has 0 aliphatic carbocycles. The molecule has 0 aromatic heterocycles. The molecule has 0 spiro atoms. The lowest BCUT2D eigenvalue weighted by atomic mass is 10.1. The summed E-state index contributed by atoms with van der Waals surface area (Å²) in [6, 6.07) is 16.7. The molecule has 6 nitrogen and oxygen atoms in total. The summed E-state index contributed by atoms with van der Waals surface area (Å²) < 4.78 is 0. The minimum atomic E-state index is -0.0841. The summed E-state index contributed by atoms with van der Waals surface area (Å²) in [5.74, 6) is -0.116. The highest BCUT2D eigenvalue weighted by Gasteiger charge is 2.26. The fourth-order valence-corrected chi connectivity index (χ4v) is 3.08. The number of hydrogen-bond donors (Lipinski definition) is 1. The number of urea groups is 1. The quantitative estimate of drug-likeness (QED) is 0.857. The maximum absolute atomic E-state index is 12.9. The minimum absolute atomic E-state index is 0.0320. The summed E-state index contributed by atoms with van der Waals surface area (Å²) in [5, 5.41) is 11.8. The maximum atomic E-state index is 12.9. The van der Waals surface area contributed by atoms with Gasteiger partial charge in [0.1, 0.15) is 0 Å². The molecule has 1 saturated heterocycles. The van der Waals surface area contributed by atoms with E-state index in [-0.39, 0.29) is 17.9 Å². The van der Waals surface area contributed by atoms with E-state index < -0.39 is 0 Å². The van der Waals surface area contributed by atoms with Crippen LogP contribution < -0.4 is 10.2 Å². The van der Waals surface area contributed by atoms with Gasteiger partial charge in [-0.2, -0.15) is 5.26 Å². The van der Waals surface area contributed by atoms with Crippen molar-refractivity contribution in [2.75, 3.05) is 23.3 Å². The topological polar surface area (TPSA) is 76.4 Å². The molecule has 3 rings (SSSR count). The molecule has 6 heteroatoms. The normalized spacial score (nSPS) is 14.1. The van der Waals surface area contributed by atoms with E-state index in [1.54, 1.807) is 17.0 Å². The SMILES string of the molecule is CC(C)C(=O)Nc1ccc(N2CCCN(Cc3ccc(C#N)cc3)C2=O)cc1. The number of nitriles is 1. The van der Waals surface area contributed by atoms with E-state index in [2.05, 4.69) is 11.4 Å². The Morgan fingerprint density at radius 1 is 1.11 bits per heavy atom. The van der Waals surface area contributed by atoms with Gasteiger partial charge in [0.25, 0.3) is 0 Å². The van der Waals surface area contributed by atoms with E-state index in [9.17, 15) is 9.59 Å². The van der Waals surface area contributed by atoms with Crippen LogP contribution in [0, 0.1) is 17.2 Å². The third-order valence-electron chi connectivity index (χ3n) is 4.74. The first-order chi connectivity index (χ1) is 13.5. The molecule has 1 aliphatic rings. The number of amides is 3. The Bertz CT molecular complexity index is 882. The van der Waals surface area contributed by atoms with Crippen molar-refractivity contribution < 1.29 is 9.59 Å². The van der Waals surface area contributed by atoms with Crippen LogP contribution in [-0.4, -0.2) is 29.9 Å². The van der Waals surface area contributed by atoms with Gasteiger partial charge in [-0.3, -0.25) is 9.69 Å². The number of nitrogens with zero attached hydrogens (tertiary/aromatic N) is 3. The molecule has 2 aromatic carbocycles. The van der Waals surface area contributed by atoms with Crippen LogP contribution in [0.25, 0.3) is 0 Å². The lowest BCUT2D eigenvalue weighted by Crippen LogP contribution is -2.49. The van der Waals surface area contributed by atoms with E-state index in [1.165, 1.54) is 0 Å². The summed E-state index contributed by atoms with van der Waals surface area (Å²) in [4.78, 5) is 28.3. The van der Waals surface area contributed by atoms with Crippen LogP contribution in [0.1, 0.15) is 31.4 Å². The Balaban J connectivity index is 1.68. The minimum Gasteiger partial charge on any atom is -0.326 e. The molecular formula is C22H24N4O2. The van der Waals surface area contributed by atoms with Crippen molar-refractivity contribution in [2.45, 2.75) is 26.8 Å². The van der Waals surface area contributed by atoms with Crippen LogP contribution in [0.2, 0.25) is 0 Å². The van der Waals surface area contributed by atoms with Gasteiger partial charge in [0, 0.05) is 36.9 Å². The lowest BCUT2D eigenvalue weighted by molar-refractivity contribution is -0.118. The van der Waals surface area contributed by atoms with Gasteiger partial charge in [-0.1, -0.05) is 26.0 Å². The molecule has 1 N–H and O–H groups in total. The van der Waals surface area contributed by atoms with E-state index in [0.29, 0.717) is 25.2 Å². The number of nitrogens with one attached hydrogen (secondary N) is 1. The zero-order valence-corrected chi connectivity index (χ0v) is 16.2. The highest BCUT2D eigenvalue weighted by Crippen LogP contribution is 2.23. The summed E-state index contributed by atoms with van der Waals surface area (Å²) in [6.45, 7) is 5.58. The van der Waals surface area contributed by atoms with Gasteiger partial charge in [0.15, 0.2) is 0 Å². The predicted molar refractivity (Wildman–Crippen MR) is 109 cm³/mol. The van der Waals surface area contributed by atoms with Crippen molar-refractivity contribution in [3.63, 3.8) is 0 Å². The largest absolute Gasteiger partial charge is 0.326 e. The number of anilines is 2. The van der Waals surface area contributed by atoms with Crippen LogP contribution in [0.3, 0.4) is 0 Å². The zero-order chi connectivity index (χ0) is 20.1. The molecule has 0 bridgehead atoms. The summed E-state index contributed by atoms with van der Waals surface area (Å²) in [7, 11) is 0. The Morgan fingerprint density at radius 2 is 1.79 bits per heavy atom. The highest BCUT2D eigenvalue weighted by molar-refractivity contribution is 5.94. The first-order valence-electron chi connectivity index (χ1n) is 9.44. The molecule has 1 heterocycles. The molecule has 28 heavy (non-hydrogen) atoms. The van der Waals surface area contributed by atoms with Crippen molar-refractivity contribution in [1.82, 2.24) is 4.90 Å². The first-order valence-corrected chi connectivity index (χ1v) is 9.44. The van der Waals surface area contributed by atoms with Crippen LogP contribution in [0.15, 0.2) is 48.5 Å². The Hall–Kier alpha value is -3.33. The van der Waals surface area contributed by atoms with Crippen LogP contribution in [0.4, 0.5) is 16.2 Å². The van der Waals surface area contributed by atoms with Gasteiger partial charge in [0.05, 0.1) is 11.6 Å². The van der Waals surface area contributed by atoms with Crippen molar-refractivity contribution in [1.29, 1.82) is 5.26 Å². The summed E-state index contributed by atoms with van der Waals surface area (Å²) in [5.41, 5.74) is 3.15. The van der Waals surface area contributed by atoms with Crippen LogP contribution >= 0.6 is 0 Å². The van der Waals surface area contributed by atoms with Crippen molar-refractivity contribution in [3.8, 4) is 6.07 Å². The van der Waals surface area contributed by atoms with Gasteiger partial charge >= 0.3 is 6.03 Å². The molecule has 0 radical (unpaired) electrons. The highest BCUT2D eigenvalue weighted by atomic mass is 16.2. The standard InChI is InChI=1S/C22H24N4O2/c1-16(2)21(27)24-19-8-10-20(11-9-19)26-13-3-12-25(22(26)28)15-18-6-4-17(14-23)5-7-18/h4-11,16H,3,12-13,15H2,1-2H3,(H,24,27). The van der Waals surface area contributed by atoms with Crippen molar-refractivity contribution in [3.05, 3.63) is 59.7 Å². The van der Waals surface area contributed by atoms with E-state index in [0.717, 1.165) is 23.4 Å². The van der Waals surface area contributed by atoms with Gasteiger partial charge in [-0.15, -0.1) is 0 Å². The average Bonchev–Trinajstić information content (AvgIpc) is 2.71. The summed E-state index contributed by atoms with van der Waals surface area (Å²) in [6.07, 6.45) is 0.883. The lowest BCUT2D eigenvalue weighted by Gasteiger charge is -2.35. The van der Waals surface area contributed by atoms with Crippen molar-refractivity contribution in [2.24, 2.45) is 5.92 Å². The zero-order valence-electron chi connectivity index (χ0n) is 16.2. The smallest absolute Gasteiger partial charge is 0.324 e. The van der Waals surface area contributed by atoms with Gasteiger partial charge < -0.3 is 10.2 Å². The van der Waals surface area contributed by atoms with Crippen LogP contribution in [0.5, 0.6) is 0 Å². The Kier molecular flexibility index (Phi) is 5.95. The van der Waals surface area contributed by atoms with E-state index in [4.69, 9.17) is 5.26 Å². The maximum Gasteiger partial charge on any atom is 0.324 e. The second-order valence-electron chi connectivity index (χ2n) is 7.21. The van der Waals surface area contributed by atoms with E-state index in [1.807, 2.05) is 55.1 Å². The predicted octanol–water partition coefficient (Wildman–Crippen LogP) is 3.99. The van der Waals surface area contributed by atoms with Crippen molar-refractivity contribution >= 4 is 23.3 Å². The molecule has 0 atom stereocenters. The molecule has 0 unspecified atom stereocenters. The Morgan fingerprint density at radius 3 is 2.39 bits per heavy atom. The van der Waals surface area contributed by atoms with Gasteiger partial charge in [-0.05, 0) is 48.4 Å². The first kappa shape index (κ1) is 19.4. The number of benzene rings is 2. The molecule has 144 valence electrons. The molecule has 2 aromatic rings.